The van der Waals surface area contributed by atoms with Crippen molar-refractivity contribution < 1.29 is 20.1 Å². The van der Waals surface area contributed by atoms with E-state index >= 15 is 0 Å². The Morgan fingerprint density at radius 2 is 1.81 bits per heavy atom. The average molecular weight is 232 g/mol. The highest BCUT2D eigenvalue weighted by Gasteiger charge is 2.40. The number of hydrogen-bond acceptors (Lipinski definition) is 5. The van der Waals surface area contributed by atoms with Crippen molar-refractivity contribution in [2.75, 3.05) is 6.54 Å². The third-order valence-electron chi connectivity index (χ3n) is 2.41. The van der Waals surface area contributed by atoms with Gasteiger partial charge in [0.15, 0.2) is 0 Å². The molecule has 0 aromatic rings. The Morgan fingerprint density at radius 3 is 2.31 bits per heavy atom. The summed E-state index contributed by atoms with van der Waals surface area (Å²) in [5.74, 6) is -0.383. The second kappa shape index (κ2) is 4.67. The quantitative estimate of drug-likeness (QED) is 0.358. The van der Waals surface area contributed by atoms with Crippen LogP contribution in [0.3, 0.4) is 0 Å². The maximum absolute atomic E-state index is 11.8. The molecule has 1 heterocycles. The molecular formula is C10H20N2O4. The fourth-order valence-corrected chi connectivity index (χ4v) is 1.61. The molecule has 6 nitrogen and oxygen atoms in total. The monoisotopic (exact) mass is 232 g/mol. The molecule has 0 bridgehead atoms. The number of amides is 1. The largest absolute Gasteiger partial charge is 0.389 e. The molecule has 0 aromatic carbocycles. The number of piperidine rings is 1. The molecule has 16 heavy (non-hydrogen) atoms. The van der Waals surface area contributed by atoms with Crippen molar-refractivity contribution in [2.24, 2.45) is 0 Å². The summed E-state index contributed by atoms with van der Waals surface area (Å²) in [6.07, 6.45) is -3.64. The van der Waals surface area contributed by atoms with Crippen molar-refractivity contribution in [1.29, 1.82) is 0 Å². The fraction of sp³-hybridized carbons (Fsp3) is 0.900. The van der Waals surface area contributed by atoms with Gasteiger partial charge in [0.2, 0.25) is 5.91 Å². The first-order valence-corrected chi connectivity index (χ1v) is 5.32. The summed E-state index contributed by atoms with van der Waals surface area (Å²) in [6.45, 7) is 5.56. The standard InChI is InChI=1S/C10H20N2O4/c1-10(2,3)12-9(16)6-8(15)7(14)5(13)4-11-6/h5-8,11,13-15H,4H2,1-3H3,(H,12,16)/t5-,6-,7+,8+/m0/s1. The Morgan fingerprint density at radius 1 is 1.25 bits per heavy atom. The molecule has 0 spiro atoms. The van der Waals surface area contributed by atoms with Gasteiger partial charge in [0, 0.05) is 12.1 Å². The van der Waals surface area contributed by atoms with Crippen LogP contribution in [0.2, 0.25) is 0 Å². The summed E-state index contributed by atoms with van der Waals surface area (Å²) in [5, 5.41) is 33.8. The lowest BCUT2D eigenvalue weighted by Gasteiger charge is -2.36. The SMILES string of the molecule is CC(C)(C)NC(=O)[C@H]1NC[C@H](O)[C@@H](O)[C@@H]1O. The normalized spacial score (nSPS) is 35.9. The molecule has 0 aromatic heterocycles. The Labute approximate surface area is 94.7 Å². The highest BCUT2D eigenvalue weighted by Crippen LogP contribution is 2.12. The van der Waals surface area contributed by atoms with Gasteiger partial charge in [-0.3, -0.25) is 4.79 Å². The van der Waals surface area contributed by atoms with Gasteiger partial charge in [0.1, 0.15) is 18.2 Å². The number of aliphatic hydroxyl groups excluding tert-OH is 3. The van der Waals surface area contributed by atoms with Gasteiger partial charge >= 0.3 is 0 Å². The van der Waals surface area contributed by atoms with Crippen LogP contribution in [0.25, 0.3) is 0 Å². The van der Waals surface area contributed by atoms with E-state index in [9.17, 15) is 20.1 Å². The summed E-state index contributed by atoms with van der Waals surface area (Å²) in [4.78, 5) is 11.8. The third-order valence-corrected chi connectivity index (χ3v) is 2.41. The first kappa shape index (κ1) is 13.4. The topological polar surface area (TPSA) is 102 Å². The predicted molar refractivity (Wildman–Crippen MR) is 57.7 cm³/mol. The van der Waals surface area contributed by atoms with E-state index in [1.54, 1.807) is 0 Å². The Balaban J connectivity index is 2.64. The van der Waals surface area contributed by atoms with Crippen molar-refractivity contribution >= 4 is 5.91 Å². The van der Waals surface area contributed by atoms with Crippen molar-refractivity contribution in [2.45, 2.75) is 50.7 Å². The van der Waals surface area contributed by atoms with E-state index in [2.05, 4.69) is 10.6 Å². The number of hydrogen-bond donors (Lipinski definition) is 5. The molecule has 0 unspecified atom stereocenters. The first-order chi connectivity index (χ1) is 7.22. The van der Waals surface area contributed by atoms with Crippen molar-refractivity contribution in [3.05, 3.63) is 0 Å². The van der Waals surface area contributed by atoms with Gasteiger partial charge in [-0.1, -0.05) is 0 Å². The third kappa shape index (κ3) is 3.15. The van der Waals surface area contributed by atoms with Crippen LogP contribution in [0.5, 0.6) is 0 Å². The van der Waals surface area contributed by atoms with E-state index in [1.807, 2.05) is 20.8 Å². The van der Waals surface area contributed by atoms with Gasteiger partial charge in [-0.05, 0) is 20.8 Å². The van der Waals surface area contributed by atoms with Crippen molar-refractivity contribution in [1.82, 2.24) is 10.6 Å². The van der Waals surface area contributed by atoms with Crippen LogP contribution in [-0.2, 0) is 4.79 Å². The second-order valence-corrected chi connectivity index (χ2v) is 5.17. The number of aliphatic hydroxyl groups is 3. The minimum atomic E-state index is -1.30. The predicted octanol–water partition coefficient (Wildman–Crippen LogP) is -2.04. The van der Waals surface area contributed by atoms with E-state index in [-0.39, 0.29) is 12.5 Å². The highest BCUT2D eigenvalue weighted by atomic mass is 16.4. The molecule has 1 aliphatic heterocycles. The van der Waals surface area contributed by atoms with Crippen LogP contribution in [0, 0.1) is 0 Å². The molecule has 4 atom stereocenters. The maximum atomic E-state index is 11.8. The average Bonchev–Trinajstić information content (AvgIpc) is 2.11. The molecule has 0 aliphatic carbocycles. The zero-order valence-corrected chi connectivity index (χ0v) is 9.77. The van der Waals surface area contributed by atoms with Crippen LogP contribution in [0.1, 0.15) is 20.8 Å². The molecule has 1 rings (SSSR count). The lowest BCUT2D eigenvalue weighted by Crippen LogP contribution is -2.65. The smallest absolute Gasteiger partial charge is 0.240 e. The number of rotatable bonds is 1. The Hall–Kier alpha value is -0.690. The molecule has 94 valence electrons. The Kier molecular flexibility index (Phi) is 3.90. The van der Waals surface area contributed by atoms with E-state index in [0.29, 0.717) is 0 Å². The fourth-order valence-electron chi connectivity index (χ4n) is 1.61. The van der Waals surface area contributed by atoms with E-state index < -0.39 is 29.9 Å². The summed E-state index contributed by atoms with van der Waals surface area (Å²) >= 11 is 0. The van der Waals surface area contributed by atoms with E-state index in [0.717, 1.165) is 0 Å². The van der Waals surface area contributed by atoms with Crippen LogP contribution in [0.15, 0.2) is 0 Å². The number of β-amino-alcohol motifs (C(OH)–C–C–N with tert-alkyl or cyclic N) is 1. The molecule has 0 radical (unpaired) electrons. The summed E-state index contributed by atoms with van der Waals surface area (Å²) in [5.41, 5.74) is -0.403. The zero-order valence-electron chi connectivity index (χ0n) is 9.77. The van der Waals surface area contributed by atoms with Gasteiger partial charge in [0.05, 0.1) is 6.10 Å². The van der Waals surface area contributed by atoms with Gasteiger partial charge in [-0.25, -0.2) is 0 Å². The molecule has 1 aliphatic rings. The molecule has 1 amide bonds. The number of carbonyl (C=O) groups is 1. The highest BCUT2D eigenvalue weighted by molar-refractivity contribution is 5.83. The zero-order chi connectivity index (χ0) is 12.5. The minimum absolute atomic E-state index is 0.0838. The minimum Gasteiger partial charge on any atom is -0.389 e. The van der Waals surface area contributed by atoms with Gasteiger partial charge in [0.25, 0.3) is 0 Å². The van der Waals surface area contributed by atoms with E-state index in [4.69, 9.17) is 0 Å². The first-order valence-electron chi connectivity index (χ1n) is 5.32. The van der Waals surface area contributed by atoms with Crippen LogP contribution >= 0.6 is 0 Å². The molecule has 0 saturated carbocycles. The van der Waals surface area contributed by atoms with Crippen LogP contribution in [-0.4, -0.2) is 57.7 Å². The van der Waals surface area contributed by atoms with Crippen LogP contribution < -0.4 is 10.6 Å². The lowest BCUT2D eigenvalue weighted by atomic mass is 9.94. The lowest BCUT2D eigenvalue weighted by molar-refractivity contribution is -0.138. The second-order valence-electron chi connectivity index (χ2n) is 5.17. The van der Waals surface area contributed by atoms with Crippen LogP contribution in [0.4, 0.5) is 0 Å². The van der Waals surface area contributed by atoms with Gasteiger partial charge in [-0.2, -0.15) is 0 Å². The molecule has 6 heteroatoms. The molecular weight excluding hydrogens is 212 g/mol. The molecule has 1 fully saturated rings. The van der Waals surface area contributed by atoms with E-state index in [1.165, 1.54) is 0 Å². The number of nitrogens with one attached hydrogen (secondary N) is 2. The van der Waals surface area contributed by atoms with Gasteiger partial charge < -0.3 is 26.0 Å². The van der Waals surface area contributed by atoms with Crippen molar-refractivity contribution in [3.8, 4) is 0 Å². The van der Waals surface area contributed by atoms with Gasteiger partial charge in [-0.15, -0.1) is 0 Å². The molecule has 1 saturated heterocycles. The Bertz CT molecular complexity index is 264. The summed E-state index contributed by atoms with van der Waals surface area (Å²) < 4.78 is 0. The number of carbonyl (C=O) groups excluding carboxylic acids is 1. The summed E-state index contributed by atoms with van der Waals surface area (Å²) in [7, 11) is 0. The molecule has 5 N–H and O–H groups in total. The maximum Gasteiger partial charge on any atom is 0.240 e. The van der Waals surface area contributed by atoms with Crippen molar-refractivity contribution in [3.63, 3.8) is 0 Å². The summed E-state index contributed by atoms with van der Waals surface area (Å²) in [6, 6.07) is -0.891.